The highest BCUT2D eigenvalue weighted by atomic mass is 32.2. The average Bonchev–Trinajstić information content (AvgIpc) is 2.81. The molecule has 1 amide bonds. The van der Waals surface area contributed by atoms with Crippen LogP contribution in [0.2, 0.25) is 0 Å². The summed E-state index contributed by atoms with van der Waals surface area (Å²) in [6.07, 6.45) is 0.182. The first-order valence-corrected chi connectivity index (χ1v) is 14.2. The van der Waals surface area contributed by atoms with Gasteiger partial charge in [-0.25, -0.2) is 0 Å². The number of amides is 1. The van der Waals surface area contributed by atoms with Gasteiger partial charge in [0.2, 0.25) is 0 Å². The number of carbonyl (C=O) groups excluding carboxylic acids is 1. The number of fused-ring (bicyclic) bond motifs is 2. The average molecular weight is 508 g/mol. The lowest BCUT2D eigenvalue weighted by Gasteiger charge is -2.33. The highest BCUT2D eigenvalue weighted by molar-refractivity contribution is 8.13. The molecule has 0 aromatic heterocycles. The Hall–Kier alpha value is -2.43. The van der Waals surface area contributed by atoms with E-state index in [1.165, 1.54) is 0 Å². The lowest BCUT2D eigenvalue weighted by atomic mass is 10.1. The number of rotatable bonds is 10. The van der Waals surface area contributed by atoms with Crippen LogP contribution in [0, 0.1) is 0 Å². The number of hydrogen-bond donors (Lipinski definition) is 1. The van der Waals surface area contributed by atoms with Crippen LogP contribution in [-0.4, -0.2) is 55.9 Å². The second kappa shape index (κ2) is 11.3. The smallest absolute Gasteiger partial charge is 0.290 e. The van der Waals surface area contributed by atoms with Crippen LogP contribution in [0.1, 0.15) is 34.1 Å². The van der Waals surface area contributed by atoms with Crippen molar-refractivity contribution in [3.8, 4) is 11.5 Å². The van der Waals surface area contributed by atoms with Crippen molar-refractivity contribution in [3.63, 3.8) is 0 Å². The van der Waals surface area contributed by atoms with Crippen LogP contribution in [0.5, 0.6) is 11.5 Å². The predicted molar refractivity (Wildman–Crippen MR) is 141 cm³/mol. The van der Waals surface area contributed by atoms with Crippen molar-refractivity contribution in [1.29, 1.82) is 0 Å². The molecule has 0 saturated carbocycles. The molecule has 8 nitrogen and oxygen atoms in total. The van der Waals surface area contributed by atoms with E-state index in [2.05, 4.69) is 37.5 Å². The molecule has 34 heavy (non-hydrogen) atoms. The zero-order chi connectivity index (χ0) is 24.9. The van der Waals surface area contributed by atoms with Crippen molar-refractivity contribution in [1.82, 2.24) is 0 Å². The second-order valence-electron chi connectivity index (χ2n) is 7.84. The van der Waals surface area contributed by atoms with Crippen LogP contribution in [0.4, 0.5) is 27.5 Å². The Kier molecular flexibility index (Phi) is 8.72. The van der Waals surface area contributed by atoms with Gasteiger partial charge in [0.15, 0.2) is 11.5 Å². The fourth-order valence-corrected chi connectivity index (χ4v) is 5.50. The molecule has 0 fully saturated rings. The normalized spacial score (nSPS) is 12.6. The van der Waals surface area contributed by atoms with Gasteiger partial charge < -0.3 is 14.5 Å². The van der Waals surface area contributed by atoms with Crippen molar-refractivity contribution in [2.45, 2.75) is 34.1 Å². The Labute approximate surface area is 206 Å². The summed E-state index contributed by atoms with van der Waals surface area (Å²) in [5.41, 5.74) is 3.32. The van der Waals surface area contributed by atoms with Gasteiger partial charge >= 0.3 is 0 Å². The molecule has 0 atom stereocenters. The molecule has 10 heteroatoms. The number of nitrogens with zero attached hydrogens (tertiary/aromatic N) is 3. The summed E-state index contributed by atoms with van der Waals surface area (Å²) in [6, 6.07) is 11.7. The first kappa shape index (κ1) is 26.2. The molecule has 0 spiro atoms. The van der Waals surface area contributed by atoms with Gasteiger partial charge in [0, 0.05) is 55.4 Å². The number of ether oxygens (including phenoxy) is 1. The fourth-order valence-electron chi connectivity index (χ4n) is 4.02. The first-order chi connectivity index (χ1) is 16.2. The van der Waals surface area contributed by atoms with Gasteiger partial charge in [-0.1, -0.05) is 11.8 Å². The summed E-state index contributed by atoms with van der Waals surface area (Å²) in [5, 5.41) is -0.229. The summed E-state index contributed by atoms with van der Waals surface area (Å²) >= 11 is 1.02. The van der Waals surface area contributed by atoms with E-state index >= 15 is 0 Å². The SMILES string of the molecule is CCN(CC)c1ccc2c(c1)Oc1cc(N(CC)CC)ccc1N2C(=O)SCCCS(=O)(=O)O. The number of thioether (sulfide) groups is 1. The maximum atomic E-state index is 13.3. The molecule has 0 saturated heterocycles. The molecule has 2 aromatic carbocycles. The number of benzene rings is 2. The zero-order valence-electron chi connectivity index (χ0n) is 20.2. The Morgan fingerprint density at radius 2 is 1.38 bits per heavy atom. The van der Waals surface area contributed by atoms with Crippen LogP contribution >= 0.6 is 11.8 Å². The molecule has 2 aromatic rings. The van der Waals surface area contributed by atoms with Gasteiger partial charge in [0.25, 0.3) is 15.4 Å². The van der Waals surface area contributed by atoms with Gasteiger partial charge in [0.1, 0.15) is 0 Å². The molecule has 0 aliphatic carbocycles. The molecule has 0 radical (unpaired) electrons. The molecule has 1 aliphatic heterocycles. The molecule has 0 bridgehead atoms. The molecule has 186 valence electrons. The quantitative estimate of drug-likeness (QED) is 0.321. The second-order valence-corrected chi connectivity index (χ2v) is 10.5. The summed E-state index contributed by atoms with van der Waals surface area (Å²) in [5.74, 6) is 1.10. The Morgan fingerprint density at radius 1 is 0.912 bits per heavy atom. The molecule has 3 rings (SSSR count). The Balaban J connectivity index is 1.97. The lowest BCUT2D eigenvalue weighted by Crippen LogP contribution is -2.27. The zero-order valence-corrected chi connectivity index (χ0v) is 21.8. The molecule has 1 heterocycles. The van der Waals surface area contributed by atoms with Crippen LogP contribution < -0.4 is 19.4 Å². The molecular weight excluding hydrogens is 474 g/mol. The van der Waals surface area contributed by atoms with Crippen LogP contribution in [0.3, 0.4) is 0 Å². The molecule has 1 aliphatic rings. The van der Waals surface area contributed by atoms with E-state index in [1.807, 2.05) is 36.4 Å². The Morgan fingerprint density at radius 3 is 1.79 bits per heavy atom. The Bertz CT molecular complexity index is 1050. The summed E-state index contributed by atoms with van der Waals surface area (Å²) < 4.78 is 37.3. The van der Waals surface area contributed by atoms with E-state index in [0.29, 0.717) is 22.9 Å². The monoisotopic (exact) mass is 507 g/mol. The maximum absolute atomic E-state index is 13.3. The number of carbonyl (C=O) groups is 1. The topological polar surface area (TPSA) is 90.4 Å². The lowest BCUT2D eigenvalue weighted by molar-refractivity contribution is 0.266. The van der Waals surface area contributed by atoms with E-state index in [-0.39, 0.29) is 23.2 Å². The highest BCUT2D eigenvalue weighted by Gasteiger charge is 2.30. The molecular formula is C24H33N3O5S2. The van der Waals surface area contributed by atoms with Gasteiger partial charge in [-0.2, -0.15) is 8.42 Å². The van der Waals surface area contributed by atoms with Crippen molar-refractivity contribution < 1.29 is 22.5 Å². The van der Waals surface area contributed by atoms with E-state index in [9.17, 15) is 13.2 Å². The minimum absolute atomic E-state index is 0.182. The first-order valence-electron chi connectivity index (χ1n) is 11.6. The summed E-state index contributed by atoms with van der Waals surface area (Å²) in [7, 11) is -4.05. The van der Waals surface area contributed by atoms with Crippen molar-refractivity contribution in [3.05, 3.63) is 36.4 Å². The molecule has 0 unspecified atom stereocenters. The predicted octanol–water partition coefficient (Wildman–Crippen LogP) is 5.75. The van der Waals surface area contributed by atoms with E-state index in [4.69, 9.17) is 9.29 Å². The van der Waals surface area contributed by atoms with Gasteiger partial charge in [0.05, 0.1) is 17.1 Å². The number of hydrogen-bond acceptors (Lipinski definition) is 7. The van der Waals surface area contributed by atoms with Crippen molar-refractivity contribution >= 4 is 49.9 Å². The largest absolute Gasteiger partial charge is 0.453 e. The minimum Gasteiger partial charge on any atom is -0.453 e. The van der Waals surface area contributed by atoms with Crippen LogP contribution in [-0.2, 0) is 10.1 Å². The van der Waals surface area contributed by atoms with Crippen molar-refractivity contribution in [2.24, 2.45) is 0 Å². The van der Waals surface area contributed by atoms with E-state index in [1.54, 1.807) is 4.90 Å². The number of anilines is 4. The minimum atomic E-state index is -4.05. The summed E-state index contributed by atoms with van der Waals surface area (Å²) in [4.78, 5) is 19.4. The van der Waals surface area contributed by atoms with E-state index in [0.717, 1.165) is 49.3 Å². The molecule has 1 N–H and O–H groups in total. The van der Waals surface area contributed by atoms with Crippen LogP contribution in [0.15, 0.2) is 36.4 Å². The summed E-state index contributed by atoms with van der Waals surface area (Å²) in [6.45, 7) is 11.8. The maximum Gasteiger partial charge on any atom is 0.290 e. The standard InChI is InChI=1S/C24H33N3O5S2/c1-5-25(6-2)18-10-12-20-22(16-18)32-23-17-19(26(7-3)8-4)11-13-21(23)27(20)24(28)33-14-9-15-34(29,30)31/h10-13,16-17H,5-9,14-15H2,1-4H3,(H,29,30,31). The third-order valence-electron chi connectivity index (χ3n) is 5.80. The van der Waals surface area contributed by atoms with Gasteiger partial charge in [-0.3, -0.25) is 14.2 Å². The van der Waals surface area contributed by atoms with Crippen LogP contribution in [0.25, 0.3) is 0 Å². The van der Waals surface area contributed by atoms with Crippen molar-refractivity contribution in [2.75, 3.05) is 52.4 Å². The van der Waals surface area contributed by atoms with Gasteiger partial charge in [-0.05, 0) is 58.4 Å². The fraction of sp³-hybridized carbons (Fsp3) is 0.458. The van der Waals surface area contributed by atoms with E-state index < -0.39 is 10.1 Å². The highest BCUT2D eigenvalue weighted by Crippen LogP contribution is 2.50. The van der Waals surface area contributed by atoms with Gasteiger partial charge in [-0.15, -0.1) is 0 Å². The third kappa shape index (κ3) is 5.97. The third-order valence-corrected chi connectivity index (χ3v) is 7.53.